The molecule has 18 heavy (non-hydrogen) atoms. The van der Waals surface area contributed by atoms with Crippen molar-refractivity contribution in [3.63, 3.8) is 0 Å². The lowest BCUT2D eigenvalue weighted by Crippen LogP contribution is -2.52. The highest BCUT2D eigenvalue weighted by molar-refractivity contribution is 6.35. The summed E-state index contributed by atoms with van der Waals surface area (Å²) in [5, 5.41) is 0. The third-order valence-electron chi connectivity index (χ3n) is 3.12. The molecule has 5 nitrogen and oxygen atoms in total. The molecule has 0 atom stereocenters. The molecule has 0 aliphatic carbocycles. The number of hydrogen-bond donors (Lipinski definition) is 1. The number of amides is 2. The minimum Gasteiger partial charge on any atom is -0.336 e. The minimum absolute atomic E-state index is 0.429. The van der Waals surface area contributed by atoms with Gasteiger partial charge in [-0.3, -0.25) is 9.59 Å². The van der Waals surface area contributed by atoms with Gasteiger partial charge in [-0.1, -0.05) is 24.3 Å². The van der Waals surface area contributed by atoms with E-state index in [1.807, 2.05) is 24.3 Å². The summed E-state index contributed by atoms with van der Waals surface area (Å²) in [5.41, 5.74) is 7.61. The summed E-state index contributed by atoms with van der Waals surface area (Å²) < 4.78 is 0. The third kappa shape index (κ3) is 2.51. The average molecular weight is 247 g/mol. The van der Waals surface area contributed by atoms with Crippen LogP contribution in [0.2, 0.25) is 0 Å². The van der Waals surface area contributed by atoms with Crippen LogP contribution in [-0.2, 0) is 22.7 Å². The highest BCUT2D eigenvalue weighted by Crippen LogP contribution is 2.11. The largest absolute Gasteiger partial charge is 0.336 e. The number of nitrogens with two attached hydrogens (primary N) is 1. The van der Waals surface area contributed by atoms with Crippen molar-refractivity contribution in [2.75, 3.05) is 20.1 Å². The van der Waals surface area contributed by atoms with Crippen LogP contribution in [0.3, 0.4) is 0 Å². The van der Waals surface area contributed by atoms with Gasteiger partial charge in [0.15, 0.2) is 0 Å². The molecule has 1 fully saturated rings. The molecular formula is C13H17N3O2. The number of nitrogens with zero attached hydrogens (tertiary/aromatic N) is 2. The maximum atomic E-state index is 11.8. The number of likely N-dealkylation sites (N-methyl/N-ethyl adjacent to an activating group) is 1. The maximum absolute atomic E-state index is 11.8. The standard InChI is InChI=1S/C13H17N3O2/c1-15-5-6-16(13(18)12(15)17)9-11-4-2-3-10(7-11)8-14/h2-4,7H,5-6,8-9,14H2,1H3. The summed E-state index contributed by atoms with van der Waals surface area (Å²) >= 11 is 0. The molecule has 2 N–H and O–H groups in total. The van der Waals surface area contributed by atoms with Gasteiger partial charge in [-0.05, 0) is 11.1 Å². The Hall–Kier alpha value is -1.88. The smallest absolute Gasteiger partial charge is 0.312 e. The Bertz CT molecular complexity index is 473. The first-order chi connectivity index (χ1) is 8.61. The van der Waals surface area contributed by atoms with Crippen molar-refractivity contribution in [1.82, 2.24) is 9.80 Å². The first-order valence-electron chi connectivity index (χ1n) is 5.94. The zero-order valence-electron chi connectivity index (χ0n) is 10.4. The second-order valence-corrected chi connectivity index (χ2v) is 4.48. The zero-order valence-corrected chi connectivity index (χ0v) is 10.4. The molecule has 96 valence electrons. The molecule has 2 rings (SSSR count). The lowest BCUT2D eigenvalue weighted by atomic mass is 10.1. The first kappa shape index (κ1) is 12.6. The van der Waals surface area contributed by atoms with E-state index in [4.69, 9.17) is 5.73 Å². The summed E-state index contributed by atoms with van der Waals surface area (Å²) in [6, 6.07) is 7.77. The van der Waals surface area contributed by atoms with Gasteiger partial charge in [0.25, 0.3) is 0 Å². The Morgan fingerprint density at radius 3 is 2.61 bits per heavy atom. The molecule has 2 amide bonds. The molecule has 1 aliphatic heterocycles. The molecule has 1 aromatic rings. The molecule has 0 saturated carbocycles. The van der Waals surface area contributed by atoms with Gasteiger partial charge in [0.2, 0.25) is 0 Å². The van der Waals surface area contributed by atoms with Crippen LogP contribution in [0.25, 0.3) is 0 Å². The van der Waals surface area contributed by atoms with E-state index in [0.29, 0.717) is 26.2 Å². The van der Waals surface area contributed by atoms with Crippen molar-refractivity contribution in [3.8, 4) is 0 Å². The lowest BCUT2D eigenvalue weighted by Gasteiger charge is -2.31. The van der Waals surface area contributed by atoms with E-state index < -0.39 is 11.8 Å². The van der Waals surface area contributed by atoms with Crippen LogP contribution in [0.1, 0.15) is 11.1 Å². The summed E-state index contributed by atoms with van der Waals surface area (Å²) in [6.45, 7) is 2.10. The fourth-order valence-corrected chi connectivity index (χ4v) is 2.00. The van der Waals surface area contributed by atoms with Crippen LogP contribution in [0, 0.1) is 0 Å². The monoisotopic (exact) mass is 247 g/mol. The maximum Gasteiger partial charge on any atom is 0.312 e. The van der Waals surface area contributed by atoms with Gasteiger partial charge in [0.1, 0.15) is 0 Å². The van der Waals surface area contributed by atoms with Gasteiger partial charge in [0, 0.05) is 33.2 Å². The second kappa shape index (κ2) is 5.18. The molecule has 1 saturated heterocycles. The first-order valence-corrected chi connectivity index (χ1v) is 5.94. The van der Waals surface area contributed by atoms with Gasteiger partial charge in [-0.15, -0.1) is 0 Å². The van der Waals surface area contributed by atoms with E-state index in [1.165, 1.54) is 4.90 Å². The topological polar surface area (TPSA) is 66.6 Å². The molecule has 1 aliphatic rings. The number of carbonyl (C=O) groups is 2. The Morgan fingerprint density at radius 1 is 1.17 bits per heavy atom. The van der Waals surface area contributed by atoms with Crippen molar-refractivity contribution in [1.29, 1.82) is 0 Å². The van der Waals surface area contributed by atoms with Gasteiger partial charge in [-0.2, -0.15) is 0 Å². The summed E-state index contributed by atoms with van der Waals surface area (Å²) in [6.07, 6.45) is 0. The molecule has 0 spiro atoms. The molecule has 5 heteroatoms. The SMILES string of the molecule is CN1CCN(Cc2cccc(CN)c2)C(=O)C1=O. The van der Waals surface area contributed by atoms with Crippen LogP contribution in [0.5, 0.6) is 0 Å². The summed E-state index contributed by atoms with van der Waals surface area (Å²) in [5.74, 6) is -0.863. The van der Waals surface area contributed by atoms with Crippen molar-refractivity contribution < 1.29 is 9.59 Å². The number of hydrogen-bond acceptors (Lipinski definition) is 3. The Balaban J connectivity index is 2.09. The summed E-state index contributed by atoms with van der Waals surface area (Å²) in [4.78, 5) is 26.4. The molecular weight excluding hydrogens is 230 g/mol. The van der Waals surface area contributed by atoms with Crippen molar-refractivity contribution in [3.05, 3.63) is 35.4 Å². The van der Waals surface area contributed by atoms with Crippen LogP contribution >= 0.6 is 0 Å². The number of benzene rings is 1. The van der Waals surface area contributed by atoms with Crippen LogP contribution in [0.4, 0.5) is 0 Å². The van der Waals surface area contributed by atoms with E-state index in [2.05, 4.69) is 0 Å². The fourth-order valence-electron chi connectivity index (χ4n) is 2.00. The molecule has 0 unspecified atom stereocenters. The van der Waals surface area contributed by atoms with Gasteiger partial charge < -0.3 is 15.5 Å². The Morgan fingerprint density at radius 2 is 1.89 bits per heavy atom. The van der Waals surface area contributed by atoms with Crippen molar-refractivity contribution in [2.24, 2.45) is 5.73 Å². The number of rotatable bonds is 3. The van der Waals surface area contributed by atoms with Gasteiger partial charge in [0.05, 0.1) is 0 Å². The Kier molecular flexibility index (Phi) is 3.62. The molecule has 1 heterocycles. The normalized spacial score (nSPS) is 16.3. The van der Waals surface area contributed by atoms with Crippen molar-refractivity contribution in [2.45, 2.75) is 13.1 Å². The molecule has 0 aromatic heterocycles. The molecule has 0 bridgehead atoms. The lowest BCUT2D eigenvalue weighted by molar-refractivity contribution is -0.155. The second-order valence-electron chi connectivity index (χ2n) is 4.48. The quantitative estimate of drug-likeness (QED) is 0.761. The predicted octanol–water partition coefficient (Wildman–Crippen LogP) is -0.0541. The number of piperazine rings is 1. The highest BCUT2D eigenvalue weighted by atomic mass is 16.2. The van der Waals surface area contributed by atoms with E-state index >= 15 is 0 Å². The average Bonchev–Trinajstić information content (AvgIpc) is 2.40. The Labute approximate surface area is 106 Å². The van der Waals surface area contributed by atoms with Crippen LogP contribution < -0.4 is 5.73 Å². The predicted molar refractivity (Wildman–Crippen MR) is 67.4 cm³/mol. The van der Waals surface area contributed by atoms with Gasteiger partial charge >= 0.3 is 11.8 Å². The molecule has 1 aromatic carbocycles. The van der Waals surface area contributed by atoms with Crippen molar-refractivity contribution >= 4 is 11.8 Å². The van der Waals surface area contributed by atoms with E-state index in [1.54, 1.807) is 11.9 Å². The zero-order chi connectivity index (χ0) is 13.1. The highest BCUT2D eigenvalue weighted by Gasteiger charge is 2.29. The third-order valence-corrected chi connectivity index (χ3v) is 3.12. The minimum atomic E-state index is -0.434. The molecule has 0 radical (unpaired) electrons. The van der Waals surface area contributed by atoms with E-state index in [0.717, 1.165) is 11.1 Å². The van der Waals surface area contributed by atoms with Crippen LogP contribution in [0.15, 0.2) is 24.3 Å². The number of carbonyl (C=O) groups excluding carboxylic acids is 2. The van der Waals surface area contributed by atoms with E-state index in [-0.39, 0.29) is 0 Å². The van der Waals surface area contributed by atoms with E-state index in [9.17, 15) is 9.59 Å². The van der Waals surface area contributed by atoms with Gasteiger partial charge in [-0.25, -0.2) is 0 Å². The van der Waals surface area contributed by atoms with Crippen LogP contribution in [-0.4, -0.2) is 41.8 Å². The fraction of sp³-hybridized carbons (Fsp3) is 0.385. The summed E-state index contributed by atoms with van der Waals surface area (Å²) in [7, 11) is 1.65.